The Bertz CT molecular complexity index is 725. The van der Waals surface area contributed by atoms with E-state index in [1.807, 2.05) is 31.4 Å². The summed E-state index contributed by atoms with van der Waals surface area (Å²) in [4.78, 5) is 1.12. The van der Waals surface area contributed by atoms with Crippen molar-refractivity contribution in [1.29, 1.82) is 0 Å². The largest absolute Gasteiger partial charge is 0.399 e. The fraction of sp³-hybridized carbons (Fsp3) is 0.286. The third-order valence-electron chi connectivity index (χ3n) is 3.14. The van der Waals surface area contributed by atoms with Crippen molar-refractivity contribution in [3.8, 4) is 0 Å². The maximum absolute atomic E-state index is 12.4. The van der Waals surface area contributed by atoms with Gasteiger partial charge >= 0.3 is 0 Å². The molecule has 7 heteroatoms. The van der Waals surface area contributed by atoms with Crippen molar-refractivity contribution in [2.45, 2.75) is 24.2 Å². The van der Waals surface area contributed by atoms with Crippen LogP contribution < -0.4 is 10.5 Å². The zero-order chi connectivity index (χ0) is 15.7. The van der Waals surface area contributed by atoms with Crippen LogP contribution in [-0.4, -0.2) is 15.0 Å². The van der Waals surface area contributed by atoms with Gasteiger partial charge in [0.05, 0.1) is 5.02 Å². The van der Waals surface area contributed by atoms with Gasteiger partial charge in [-0.05, 0) is 29.6 Å². The van der Waals surface area contributed by atoms with E-state index in [-0.39, 0.29) is 21.9 Å². The first-order valence-electron chi connectivity index (χ1n) is 6.31. The monoisotopic (exact) mass is 344 g/mol. The summed E-state index contributed by atoms with van der Waals surface area (Å²) in [5, 5.41) is 2.13. The summed E-state index contributed by atoms with van der Waals surface area (Å²) < 4.78 is 27.4. The molecular formula is C14H17ClN2O2S2. The molecule has 2 aromatic rings. The summed E-state index contributed by atoms with van der Waals surface area (Å²) in [6.07, 6.45) is 0. The molecule has 1 aromatic carbocycles. The number of nitrogens with one attached hydrogen (secondary N) is 1. The first-order chi connectivity index (χ1) is 9.72. The molecule has 0 spiro atoms. The number of thiophene rings is 1. The molecule has 4 nitrogen and oxygen atoms in total. The van der Waals surface area contributed by atoms with Crippen LogP contribution in [0, 0.1) is 0 Å². The average Bonchev–Trinajstić information content (AvgIpc) is 2.94. The van der Waals surface area contributed by atoms with Crippen molar-refractivity contribution in [2.75, 3.05) is 12.3 Å². The number of rotatable bonds is 5. The number of hydrogen-bond donors (Lipinski definition) is 2. The van der Waals surface area contributed by atoms with Crippen molar-refractivity contribution in [1.82, 2.24) is 4.72 Å². The lowest BCUT2D eigenvalue weighted by Crippen LogP contribution is -2.36. The first-order valence-corrected chi connectivity index (χ1v) is 9.05. The quantitative estimate of drug-likeness (QED) is 0.818. The second kappa shape index (κ2) is 5.96. The molecule has 0 atom stereocenters. The van der Waals surface area contributed by atoms with Gasteiger partial charge in [-0.25, -0.2) is 13.1 Å². The van der Waals surface area contributed by atoms with E-state index in [4.69, 9.17) is 17.3 Å². The van der Waals surface area contributed by atoms with Gasteiger partial charge in [-0.2, -0.15) is 0 Å². The normalized spacial score (nSPS) is 12.5. The molecule has 0 bridgehead atoms. The van der Waals surface area contributed by atoms with Crippen LogP contribution in [0.4, 0.5) is 5.69 Å². The molecule has 114 valence electrons. The maximum Gasteiger partial charge on any atom is 0.242 e. The minimum absolute atomic E-state index is 0.00569. The predicted molar refractivity (Wildman–Crippen MR) is 88.4 cm³/mol. The molecule has 0 saturated heterocycles. The average molecular weight is 345 g/mol. The topological polar surface area (TPSA) is 72.2 Å². The molecular weight excluding hydrogens is 328 g/mol. The summed E-state index contributed by atoms with van der Waals surface area (Å²) in [7, 11) is -3.70. The van der Waals surface area contributed by atoms with E-state index < -0.39 is 10.0 Å². The number of halogens is 1. The highest BCUT2D eigenvalue weighted by molar-refractivity contribution is 7.89. The van der Waals surface area contributed by atoms with Gasteiger partial charge in [-0.1, -0.05) is 31.5 Å². The van der Waals surface area contributed by atoms with Crippen molar-refractivity contribution in [2.24, 2.45) is 0 Å². The summed E-state index contributed by atoms with van der Waals surface area (Å²) >= 11 is 7.56. The molecule has 0 radical (unpaired) electrons. The van der Waals surface area contributed by atoms with E-state index in [1.54, 1.807) is 17.4 Å². The molecule has 21 heavy (non-hydrogen) atoms. The molecule has 0 amide bonds. The van der Waals surface area contributed by atoms with Gasteiger partial charge in [0.1, 0.15) is 4.90 Å². The van der Waals surface area contributed by atoms with Gasteiger partial charge in [-0.3, -0.25) is 0 Å². The number of nitrogen functional groups attached to an aromatic ring is 1. The minimum atomic E-state index is -3.70. The summed E-state index contributed by atoms with van der Waals surface area (Å²) in [5.74, 6) is 0. The van der Waals surface area contributed by atoms with Gasteiger partial charge in [0.2, 0.25) is 10.0 Å². The molecule has 3 N–H and O–H groups in total. The predicted octanol–water partition coefficient (Wildman–Crippen LogP) is 3.24. The molecule has 0 aliphatic rings. The Morgan fingerprint density at radius 1 is 1.33 bits per heavy atom. The molecule has 1 heterocycles. The lowest BCUT2D eigenvalue weighted by molar-refractivity contribution is 0.509. The van der Waals surface area contributed by atoms with Crippen molar-refractivity contribution < 1.29 is 8.42 Å². The van der Waals surface area contributed by atoms with Gasteiger partial charge < -0.3 is 5.73 Å². The second-order valence-corrected chi connectivity index (χ2v) is 8.47. The SMILES string of the molecule is CC(C)(CNS(=O)(=O)c1cc(N)ccc1Cl)c1cccs1. The van der Waals surface area contributed by atoms with E-state index in [1.165, 1.54) is 12.1 Å². The highest BCUT2D eigenvalue weighted by Gasteiger charge is 2.26. The van der Waals surface area contributed by atoms with Crippen LogP contribution in [0.3, 0.4) is 0 Å². The van der Waals surface area contributed by atoms with E-state index in [0.29, 0.717) is 5.69 Å². The molecule has 0 aliphatic heterocycles. The van der Waals surface area contributed by atoms with Crippen LogP contribution in [0.25, 0.3) is 0 Å². The lowest BCUT2D eigenvalue weighted by atomic mass is 9.92. The molecule has 0 saturated carbocycles. The Labute approximate surface area is 134 Å². The zero-order valence-corrected chi connectivity index (χ0v) is 14.1. The highest BCUT2D eigenvalue weighted by Crippen LogP contribution is 2.28. The summed E-state index contributed by atoms with van der Waals surface area (Å²) in [5.41, 5.74) is 5.70. The first kappa shape index (κ1) is 16.3. The van der Waals surface area contributed by atoms with Crippen LogP contribution >= 0.6 is 22.9 Å². The fourth-order valence-corrected chi connectivity index (χ4v) is 4.43. The highest BCUT2D eigenvalue weighted by atomic mass is 35.5. The van der Waals surface area contributed by atoms with Gasteiger partial charge in [0.25, 0.3) is 0 Å². The summed E-state index contributed by atoms with van der Waals surface area (Å²) in [6.45, 7) is 4.26. The Hall–Kier alpha value is -1.08. The number of nitrogens with two attached hydrogens (primary N) is 1. The second-order valence-electron chi connectivity index (χ2n) is 5.38. The van der Waals surface area contributed by atoms with E-state index in [9.17, 15) is 8.42 Å². The van der Waals surface area contributed by atoms with Crippen LogP contribution in [0.15, 0.2) is 40.6 Å². The van der Waals surface area contributed by atoms with Crippen LogP contribution in [0.1, 0.15) is 18.7 Å². The third-order valence-corrected chi connectivity index (χ3v) is 6.26. The smallest absolute Gasteiger partial charge is 0.242 e. The van der Waals surface area contributed by atoms with E-state index >= 15 is 0 Å². The number of sulfonamides is 1. The Morgan fingerprint density at radius 2 is 2.05 bits per heavy atom. The molecule has 2 rings (SSSR count). The number of anilines is 1. The number of benzene rings is 1. The van der Waals surface area contributed by atoms with Gasteiger partial charge in [0, 0.05) is 22.5 Å². The minimum Gasteiger partial charge on any atom is -0.399 e. The summed E-state index contributed by atoms with van der Waals surface area (Å²) in [6, 6.07) is 8.35. The third kappa shape index (κ3) is 3.77. The van der Waals surface area contributed by atoms with Crippen LogP contribution in [0.2, 0.25) is 5.02 Å². The van der Waals surface area contributed by atoms with Crippen molar-refractivity contribution in [3.05, 3.63) is 45.6 Å². The van der Waals surface area contributed by atoms with Gasteiger partial charge in [-0.15, -0.1) is 11.3 Å². The fourth-order valence-electron chi connectivity index (χ4n) is 1.83. The Morgan fingerprint density at radius 3 is 2.67 bits per heavy atom. The Kier molecular flexibility index (Phi) is 4.63. The zero-order valence-electron chi connectivity index (χ0n) is 11.8. The lowest BCUT2D eigenvalue weighted by Gasteiger charge is -2.23. The molecule has 0 unspecified atom stereocenters. The molecule has 1 aromatic heterocycles. The molecule has 0 fully saturated rings. The molecule has 0 aliphatic carbocycles. The van der Waals surface area contributed by atoms with Crippen LogP contribution in [-0.2, 0) is 15.4 Å². The maximum atomic E-state index is 12.4. The van der Waals surface area contributed by atoms with Gasteiger partial charge in [0.15, 0.2) is 0 Å². The Balaban J connectivity index is 2.21. The van der Waals surface area contributed by atoms with E-state index in [2.05, 4.69) is 4.72 Å². The van der Waals surface area contributed by atoms with Crippen LogP contribution in [0.5, 0.6) is 0 Å². The van der Waals surface area contributed by atoms with Crippen molar-refractivity contribution >= 4 is 38.6 Å². The van der Waals surface area contributed by atoms with E-state index in [0.717, 1.165) is 4.88 Å². The number of hydrogen-bond acceptors (Lipinski definition) is 4. The van der Waals surface area contributed by atoms with Crippen molar-refractivity contribution in [3.63, 3.8) is 0 Å². The standard InChI is InChI=1S/C14H17ClN2O2S2/c1-14(2,13-4-3-7-20-13)9-17-21(18,19)12-8-10(16)5-6-11(12)15/h3-8,17H,9,16H2,1-2H3.